The molecule has 0 aromatic heterocycles. The summed E-state index contributed by atoms with van der Waals surface area (Å²) in [5, 5.41) is 3.14. The summed E-state index contributed by atoms with van der Waals surface area (Å²) in [6.45, 7) is 4.86. The number of nitrogens with two attached hydrogens (primary N) is 1. The first-order valence-electron chi connectivity index (χ1n) is 5.11. The van der Waals surface area contributed by atoms with Gasteiger partial charge in [0.1, 0.15) is 12.1 Å². The van der Waals surface area contributed by atoms with E-state index in [-0.39, 0.29) is 5.17 Å². The molecule has 7 heteroatoms. The third-order valence-corrected chi connectivity index (χ3v) is 2.98. The fourth-order valence-electron chi connectivity index (χ4n) is 1.05. The highest BCUT2D eigenvalue weighted by Crippen LogP contribution is 2.21. The number of amides is 1. The molecule has 0 saturated heterocycles. The Morgan fingerprint density at radius 3 is 2.53 bits per heavy atom. The minimum Gasteiger partial charge on any atom is -0.609 e. The van der Waals surface area contributed by atoms with Crippen LogP contribution in [0.15, 0.2) is 21.4 Å². The Morgan fingerprint density at radius 1 is 1.59 bits per heavy atom. The van der Waals surface area contributed by atoms with E-state index < -0.39 is 17.1 Å². The standard InChI is InChI=1S/C10H16N4O2S/c1-6(8(11)15)9(13-7-4-5-7)14-10(12-2)17(3)16/h7,13H,2,4-5H2,1,3H3,(H2,11,15)/b9-6+,14-10+. The lowest BCUT2D eigenvalue weighted by atomic mass is 10.3. The van der Waals surface area contributed by atoms with Gasteiger partial charge >= 0.3 is 5.17 Å². The Morgan fingerprint density at radius 2 is 2.18 bits per heavy atom. The first-order valence-corrected chi connectivity index (χ1v) is 6.67. The van der Waals surface area contributed by atoms with Crippen molar-refractivity contribution in [3.05, 3.63) is 11.4 Å². The van der Waals surface area contributed by atoms with Crippen molar-refractivity contribution in [3.63, 3.8) is 0 Å². The van der Waals surface area contributed by atoms with Gasteiger partial charge in [0.2, 0.25) is 5.91 Å². The highest BCUT2D eigenvalue weighted by Gasteiger charge is 2.24. The molecule has 1 saturated carbocycles. The fraction of sp³-hybridized carbons (Fsp3) is 0.500. The van der Waals surface area contributed by atoms with Gasteiger partial charge in [-0.05, 0) is 26.5 Å². The number of rotatable bonds is 4. The molecule has 17 heavy (non-hydrogen) atoms. The molecule has 1 amide bonds. The van der Waals surface area contributed by atoms with Crippen molar-refractivity contribution in [2.45, 2.75) is 25.8 Å². The summed E-state index contributed by atoms with van der Waals surface area (Å²) in [5.41, 5.74) is 5.49. The average molecular weight is 256 g/mol. The first kappa shape index (κ1) is 13.7. The van der Waals surface area contributed by atoms with Crippen molar-refractivity contribution in [3.8, 4) is 0 Å². The largest absolute Gasteiger partial charge is 0.609 e. The smallest absolute Gasteiger partial charge is 0.343 e. The van der Waals surface area contributed by atoms with Crippen LogP contribution in [0.4, 0.5) is 0 Å². The Bertz CT molecular complexity index is 386. The van der Waals surface area contributed by atoms with E-state index in [9.17, 15) is 9.35 Å². The predicted molar refractivity (Wildman–Crippen MR) is 69.1 cm³/mol. The lowest BCUT2D eigenvalue weighted by Gasteiger charge is -2.09. The normalized spacial score (nSPS) is 19.4. The zero-order valence-corrected chi connectivity index (χ0v) is 10.7. The number of hydrogen-bond acceptors (Lipinski definition) is 4. The van der Waals surface area contributed by atoms with Crippen molar-refractivity contribution in [1.82, 2.24) is 5.32 Å². The molecule has 0 aromatic carbocycles. The summed E-state index contributed by atoms with van der Waals surface area (Å²) in [5.74, 6) is -0.236. The second-order valence-electron chi connectivity index (χ2n) is 3.76. The van der Waals surface area contributed by atoms with Gasteiger partial charge in [0, 0.05) is 17.2 Å². The number of nitrogens with one attached hydrogen (secondary N) is 1. The Labute approximate surface area is 103 Å². The van der Waals surface area contributed by atoms with Crippen molar-refractivity contribution in [2.75, 3.05) is 6.26 Å². The summed E-state index contributed by atoms with van der Waals surface area (Å²) in [6, 6.07) is 0.305. The third kappa shape index (κ3) is 4.20. The minimum absolute atomic E-state index is 0.0775. The predicted octanol–water partition coefficient (Wildman–Crippen LogP) is -0.110. The second-order valence-corrected chi connectivity index (χ2v) is 5.04. The van der Waals surface area contributed by atoms with Crippen LogP contribution in [0.5, 0.6) is 0 Å². The highest BCUT2D eigenvalue weighted by atomic mass is 32.2. The number of carbonyl (C=O) groups excluding carboxylic acids is 1. The molecule has 0 aromatic rings. The second kappa shape index (κ2) is 5.83. The van der Waals surface area contributed by atoms with Crippen molar-refractivity contribution >= 4 is 29.0 Å². The average Bonchev–Trinajstić information content (AvgIpc) is 3.06. The first-order chi connectivity index (χ1) is 7.95. The monoisotopic (exact) mass is 256 g/mol. The maximum Gasteiger partial charge on any atom is 0.343 e. The summed E-state index contributed by atoms with van der Waals surface area (Å²) in [7, 11) is 0. The van der Waals surface area contributed by atoms with Gasteiger partial charge in [0.25, 0.3) is 0 Å². The molecular formula is C10H16N4O2S. The zero-order valence-electron chi connectivity index (χ0n) is 9.90. The quantitative estimate of drug-likeness (QED) is 0.317. The maximum atomic E-state index is 11.3. The molecule has 0 bridgehead atoms. The van der Waals surface area contributed by atoms with Crippen molar-refractivity contribution in [1.29, 1.82) is 0 Å². The number of aliphatic imine (C=N–C) groups is 2. The van der Waals surface area contributed by atoms with Gasteiger partial charge in [-0.3, -0.25) is 4.79 Å². The van der Waals surface area contributed by atoms with Crippen LogP contribution in [-0.2, 0) is 16.0 Å². The topological polar surface area (TPSA) is 103 Å². The number of hydrogen-bond donors (Lipinski definition) is 2. The van der Waals surface area contributed by atoms with E-state index in [2.05, 4.69) is 22.0 Å². The van der Waals surface area contributed by atoms with Gasteiger partial charge in [0.05, 0.1) is 5.57 Å². The lowest BCUT2D eigenvalue weighted by molar-refractivity contribution is -0.114. The van der Waals surface area contributed by atoms with Crippen LogP contribution in [0, 0.1) is 0 Å². The van der Waals surface area contributed by atoms with Crippen LogP contribution in [0.1, 0.15) is 19.8 Å². The Kier molecular flexibility index (Phi) is 4.71. The molecule has 0 heterocycles. The Hall–Kier alpha value is -1.34. The molecule has 94 valence electrons. The molecule has 1 aliphatic rings. The summed E-state index contributed by atoms with van der Waals surface area (Å²) in [4.78, 5) is 18.7. The molecule has 6 nitrogen and oxygen atoms in total. The van der Waals surface area contributed by atoms with Gasteiger partial charge in [-0.2, -0.15) is 4.99 Å². The molecule has 1 rings (SSSR count). The van der Waals surface area contributed by atoms with Crippen LogP contribution in [0.2, 0.25) is 0 Å². The van der Waals surface area contributed by atoms with E-state index in [4.69, 9.17) is 5.73 Å². The Balaban J connectivity index is 3.00. The number of nitrogens with zero attached hydrogens (tertiary/aromatic N) is 2. The third-order valence-electron chi connectivity index (χ3n) is 2.24. The number of primary amides is 1. The van der Waals surface area contributed by atoms with Crippen LogP contribution in [0.25, 0.3) is 0 Å². The zero-order chi connectivity index (χ0) is 13.0. The maximum absolute atomic E-state index is 11.3. The van der Waals surface area contributed by atoms with E-state index in [0.29, 0.717) is 17.4 Å². The van der Waals surface area contributed by atoms with E-state index >= 15 is 0 Å². The van der Waals surface area contributed by atoms with Crippen LogP contribution in [-0.4, -0.2) is 34.6 Å². The molecule has 0 spiro atoms. The van der Waals surface area contributed by atoms with E-state index in [1.54, 1.807) is 6.92 Å². The SMILES string of the molecule is C=N/C(=N\C(NC1CC1)=C(/C)C(N)=O)[S+](C)[O-]. The summed E-state index contributed by atoms with van der Waals surface area (Å²) >= 11 is -1.35. The van der Waals surface area contributed by atoms with Gasteiger partial charge < -0.3 is 15.6 Å². The van der Waals surface area contributed by atoms with Crippen molar-refractivity contribution in [2.24, 2.45) is 15.7 Å². The molecule has 1 aliphatic carbocycles. The van der Waals surface area contributed by atoms with Gasteiger partial charge in [-0.15, -0.1) is 0 Å². The fourth-order valence-corrected chi connectivity index (χ4v) is 1.45. The van der Waals surface area contributed by atoms with Crippen LogP contribution >= 0.6 is 0 Å². The molecule has 0 aliphatic heterocycles. The van der Waals surface area contributed by atoms with Gasteiger partial charge in [-0.1, -0.05) is 0 Å². The molecule has 0 radical (unpaired) electrons. The molecule has 1 atom stereocenters. The van der Waals surface area contributed by atoms with E-state index in [0.717, 1.165) is 12.8 Å². The van der Waals surface area contributed by atoms with Crippen LogP contribution < -0.4 is 11.1 Å². The van der Waals surface area contributed by atoms with E-state index in [1.165, 1.54) is 6.26 Å². The minimum atomic E-state index is -1.35. The number of carbonyl (C=O) groups is 1. The van der Waals surface area contributed by atoms with Crippen LogP contribution in [0.3, 0.4) is 0 Å². The van der Waals surface area contributed by atoms with Gasteiger partial charge in [-0.25, -0.2) is 4.99 Å². The lowest BCUT2D eigenvalue weighted by Crippen LogP contribution is -2.23. The number of amidine groups is 1. The molecular weight excluding hydrogens is 240 g/mol. The summed E-state index contributed by atoms with van der Waals surface area (Å²) in [6.07, 6.45) is 3.50. The molecule has 1 unspecified atom stereocenters. The van der Waals surface area contributed by atoms with Crippen molar-refractivity contribution < 1.29 is 9.35 Å². The highest BCUT2D eigenvalue weighted by molar-refractivity contribution is 8.05. The van der Waals surface area contributed by atoms with Gasteiger partial charge in [0.15, 0.2) is 0 Å². The molecule has 1 fully saturated rings. The van der Waals surface area contributed by atoms with E-state index in [1.807, 2.05) is 0 Å². The molecule has 3 N–H and O–H groups in total. The summed E-state index contributed by atoms with van der Waals surface area (Å²) < 4.78 is 11.3.